The van der Waals surface area contributed by atoms with Gasteiger partial charge in [0.05, 0.1) is 19.4 Å². The van der Waals surface area contributed by atoms with E-state index in [0.717, 1.165) is 4.90 Å². The second kappa shape index (κ2) is 5.76. The predicted octanol–water partition coefficient (Wildman–Crippen LogP) is 4.15. The molecule has 0 bridgehead atoms. The molecule has 132 valence electrons. The number of fused-ring (bicyclic) bond motifs is 1. The number of hydrogen-bond donors (Lipinski definition) is 0. The van der Waals surface area contributed by atoms with Gasteiger partial charge in [-0.05, 0) is 17.2 Å². The van der Waals surface area contributed by atoms with Crippen LogP contribution in [0.25, 0.3) is 11.0 Å². The highest BCUT2D eigenvalue weighted by Crippen LogP contribution is 2.43. The number of hydrogen-bond acceptors (Lipinski definition) is 3. The fourth-order valence-electron chi connectivity index (χ4n) is 2.44. The normalized spacial score (nSPS) is 19.1. The summed E-state index contributed by atoms with van der Waals surface area (Å²) >= 11 is 0. The topological polar surface area (TPSA) is 29.3 Å². The van der Waals surface area contributed by atoms with Crippen LogP contribution in [0.4, 0.5) is 23.4 Å². The Morgan fingerprint density at radius 1 is 1.20 bits per heavy atom. The zero-order valence-electron chi connectivity index (χ0n) is 14.0. The molecule has 0 amide bonds. The lowest BCUT2D eigenvalue weighted by atomic mass is 10.2. The Morgan fingerprint density at radius 2 is 1.84 bits per heavy atom. The lowest BCUT2D eigenvalue weighted by Crippen LogP contribution is -2.38. The van der Waals surface area contributed by atoms with Crippen molar-refractivity contribution >= 4 is 26.3 Å². The van der Waals surface area contributed by atoms with Crippen LogP contribution in [0.1, 0.15) is 26.5 Å². The molecule has 8 heteroatoms. The van der Waals surface area contributed by atoms with E-state index in [4.69, 9.17) is 4.42 Å². The van der Waals surface area contributed by atoms with E-state index in [0.29, 0.717) is 20.6 Å². The molecule has 0 unspecified atom stereocenters. The van der Waals surface area contributed by atoms with Crippen LogP contribution in [-0.2, 0) is 0 Å². The van der Waals surface area contributed by atoms with Crippen LogP contribution in [0.3, 0.4) is 0 Å². The minimum absolute atomic E-state index is 0.0252. The Labute approximate surface area is 145 Å². The third-order valence-electron chi connectivity index (χ3n) is 3.66. The zero-order valence-corrected chi connectivity index (χ0v) is 15.0. The molecule has 0 spiro atoms. The maximum absolute atomic E-state index is 13.5. The van der Waals surface area contributed by atoms with E-state index in [1.165, 1.54) is 6.26 Å². The van der Waals surface area contributed by atoms with Gasteiger partial charge < -0.3 is 9.32 Å². The van der Waals surface area contributed by atoms with Gasteiger partial charge in [0.1, 0.15) is 5.69 Å². The third-order valence-corrected chi connectivity index (χ3v) is 4.66. The third kappa shape index (κ3) is 3.52. The second-order valence-electron chi connectivity index (χ2n) is 7.06. The van der Waals surface area contributed by atoms with Gasteiger partial charge in [-0.1, -0.05) is 26.7 Å². The van der Waals surface area contributed by atoms with E-state index in [1.54, 1.807) is 12.1 Å². The smallest absolute Gasteiger partial charge is 0.329 e. The summed E-state index contributed by atoms with van der Waals surface area (Å²) in [6.07, 6.45) is 1.37. The quantitative estimate of drug-likeness (QED) is 0.430. The Hall–Kier alpha value is -2.01. The van der Waals surface area contributed by atoms with Gasteiger partial charge in [-0.2, -0.15) is 17.6 Å². The van der Waals surface area contributed by atoms with Crippen molar-refractivity contribution in [2.75, 3.05) is 18.0 Å². The molecule has 1 aliphatic rings. The van der Waals surface area contributed by atoms with E-state index < -0.39 is 24.9 Å². The SMILES string of the molecule is CC(C)(C)[Si]C#Cc1cc2ccoc2c(N2CC(F)(F)C(F)(F)C2)n1. The molecule has 0 aliphatic carbocycles. The predicted molar refractivity (Wildman–Crippen MR) is 88.5 cm³/mol. The summed E-state index contributed by atoms with van der Waals surface area (Å²) in [6.45, 7) is 3.93. The number of pyridine rings is 1. The lowest BCUT2D eigenvalue weighted by Gasteiger charge is -2.16. The van der Waals surface area contributed by atoms with Gasteiger partial charge in [0.25, 0.3) is 0 Å². The van der Waals surface area contributed by atoms with Gasteiger partial charge in [-0.25, -0.2) is 4.98 Å². The lowest BCUT2D eigenvalue weighted by molar-refractivity contribution is -0.172. The van der Waals surface area contributed by atoms with Crippen molar-refractivity contribution < 1.29 is 22.0 Å². The van der Waals surface area contributed by atoms with Gasteiger partial charge in [0.15, 0.2) is 20.9 Å². The van der Waals surface area contributed by atoms with Crippen molar-refractivity contribution in [1.29, 1.82) is 0 Å². The molecule has 3 nitrogen and oxygen atoms in total. The number of aromatic nitrogens is 1. The highest BCUT2D eigenvalue weighted by molar-refractivity contribution is 6.49. The molecular formula is C17H16F4N2OSi. The average molecular weight is 368 g/mol. The molecule has 0 N–H and O–H groups in total. The first-order valence-electron chi connectivity index (χ1n) is 7.66. The molecule has 1 saturated heterocycles. The van der Waals surface area contributed by atoms with Crippen molar-refractivity contribution in [2.24, 2.45) is 0 Å². The Balaban J connectivity index is 2.00. The van der Waals surface area contributed by atoms with Gasteiger partial charge in [-0.3, -0.25) is 0 Å². The number of nitrogens with zero attached hydrogens (tertiary/aromatic N) is 2. The molecule has 3 rings (SSSR count). The van der Waals surface area contributed by atoms with Crippen molar-refractivity contribution in [1.82, 2.24) is 4.98 Å². The van der Waals surface area contributed by atoms with Crippen molar-refractivity contribution in [2.45, 2.75) is 37.7 Å². The molecule has 2 aromatic rings. The molecule has 0 atom stereocenters. The summed E-state index contributed by atoms with van der Waals surface area (Å²) in [4.78, 5) is 5.07. The van der Waals surface area contributed by atoms with Crippen LogP contribution in [-0.4, -0.2) is 39.4 Å². The summed E-state index contributed by atoms with van der Waals surface area (Å²) in [5, 5.41) is 0.626. The fraction of sp³-hybridized carbons (Fsp3) is 0.471. The molecule has 2 aromatic heterocycles. The van der Waals surface area contributed by atoms with Crippen LogP contribution in [0.15, 0.2) is 22.8 Å². The van der Waals surface area contributed by atoms with Gasteiger partial charge in [0.2, 0.25) is 0 Å². The molecule has 1 aliphatic heterocycles. The maximum atomic E-state index is 13.5. The van der Waals surface area contributed by atoms with Gasteiger partial charge >= 0.3 is 11.8 Å². The largest absolute Gasteiger partial charge is 0.460 e. The van der Waals surface area contributed by atoms with Crippen LogP contribution < -0.4 is 4.90 Å². The van der Waals surface area contributed by atoms with Gasteiger partial charge in [0, 0.05) is 5.39 Å². The monoisotopic (exact) mass is 368 g/mol. The van der Waals surface area contributed by atoms with Gasteiger partial charge in [-0.15, -0.1) is 5.54 Å². The number of furan rings is 1. The Bertz CT molecular complexity index is 845. The fourth-order valence-corrected chi connectivity index (χ4v) is 3.00. The first-order chi connectivity index (χ1) is 11.5. The molecule has 1 fully saturated rings. The Morgan fingerprint density at radius 3 is 2.44 bits per heavy atom. The molecule has 0 saturated carbocycles. The zero-order chi connectivity index (χ0) is 18.5. The second-order valence-corrected chi connectivity index (χ2v) is 9.06. The van der Waals surface area contributed by atoms with E-state index in [9.17, 15) is 17.6 Å². The number of alkyl halides is 4. The summed E-state index contributed by atoms with van der Waals surface area (Å²) in [5.41, 5.74) is 3.57. The van der Waals surface area contributed by atoms with Crippen LogP contribution >= 0.6 is 0 Å². The first kappa shape index (κ1) is 17.8. The number of halogens is 4. The molecular weight excluding hydrogens is 352 g/mol. The molecule has 2 radical (unpaired) electrons. The summed E-state index contributed by atoms with van der Waals surface area (Å²) in [7, 11) is 0.359. The number of rotatable bonds is 1. The summed E-state index contributed by atoms with van der Waals surface area (Å²) in [6, 6.07) is 3.29. The van der Waals surface area contributed by atoms with E-state index >= 15 is 0 Å². The van der Waals surface area contributed by atoms with Crippen molar-refractivity contribution in [3.8, 4) is 11.5 Å². The first-order valence-corrected chi connectivity index (χ1v) is 8.66. The molecule has 3 heterocycles. The standard InChI is InChI=1S/C17H16F4N2OSi/c1-15(2,3)25-7-5-12-8-11-4-6-24-13(11)14(22-12)23-9-16(18,19)17(20,21)10-23/h4,6,8H,9-10H2,1-3H3. The van der Waals surface area contributed by atoms with Crippen molar-refractivity contribution in [3.05, 3.63) is 24.1 Å². The highest BCUT2D eigenvalue weighted by atomic mass is 28.2. The average Bonchev–Trinajstić information content (AvgIpc) is 2.99. The van der Waals surface area contributed by atoms with E-state index in [-0.39, 0.29) is 16.4 Å². The maximum Gasteiger partial charge on any atom is 0.329 e. The molecule has 0 aromatic carbocycles. The Kier molecular flexibility index (Phi) is 4.10. The summed E-state index contributed by atoms with van der Waals surface area (Å²) < 4.78 is 59.4. The highest BCUT2D eigenvalue weighted by Gasteiger charge is 2.63. The van der Waals surface area contributed by atoms with E-state index in [2.05, 4.69) is 16.4 Å². The molecule has 25 heavy (non-hydrogen) atoms. The van der Waals surface area contributed by atoms with Crippen LogP contribution in [0, 0.1) is 11.5 Å². The number of anilines is 1. The van der Waals surface area contributed by atoms with Crippen LogP contribution in [0.2, 0.25) is 5.04 Å². The summed E-state index contributed by atoms with van der Waals surface area (Å²) in [5.74, 6) is -5.35. The van der Waals surface area contributed by atoms with E-state index in [1.807, 2.05) is 20.8 Å². The van der Waals surface area contributed by atoms with Crippen molar-refractivity contribution in [3.63, 3.8) is 0 Å². The van der Waals surface area contributed by atoms with Crippen LogP contribution in [0.5, 0.6) is 0 Å². The minimum Gasteiger partial charge on any atom is -0.460 e. The minimum atomic E-state index is -4.11.